The van der Waals surface area contributed by atoms with Crippen molar-refractivity contribution in [1.29, 1.82) is 0 Å². The molecule has 0 spiro atoms. The zero-order valence-corrected chi connectivity index (χ0v) is 23.0. The zero-order valence-electron chi connectivity index (χ0n) is 53.0. The molecule has 0 aliphatic rings. The van der Waals surface area contributed by atoms with Crippen LogP contribution in [0, 0.1) is 0 Å². The van der Waals surface area contributed by atoms with E-state index in [2.05, 4.69) is 0 Å². The first-order valence-electron chi connectivity index (χ1n) is 28.5. The van der Waals surface area contributed by atoms with Crippen molar-refractivity contribution < 1.29 is 41.1 Å². The summed E-state index contributed by atoms with van der Waals surface area (Å²) in [5.41, 5.74) is -7.19. The van der Waals surface area contributed by atoms with E-state index in [1.165, 1.54) is 0 Å². The van der Waals surface area contributed by atoms with Crippen molar-refractivity contribution in [2.45, 2.75) is 0 Å². The molecule has 0 aliphatic carbocycles. The topological polar surface area (TPSA) is 0 Å². The molecule has 0 aliphatic heterocycles. The van der Waals surface area contributed by atoms with Crippen LogP contribution in [0.2, 0.25) is 0 Å². The van der Waals surface area contributed by atoms with Crippen LogP contribution in [-0.2, 0) is 0 Å². The van der Waals surface area contributed by atoms with E-state index in [-0.39, 0.29) is 0 Å². The predicted octanol–water partition coefficient (Wildman–Crippen LogP) is 13.0. The minimum absolute atomic E-state index is 0.608. The SMILES string of the molecule is [2H]c1c([2H])c([2H])c(-c2c3c([2H])c([2H])c([2H])c([2H])c3c(-c3c([2H])c([2H])c([2H])c(-c4c([2H])c([2H])c5c([2H])c([2H])c([2H])c([2H])c5c4[2H])c3[2H])c3c([2H])c(-c4c([2H])c([2H])c([2H])c5c([2H])c([2H])c([2H])c([2H])c45)c([2H])c([2H])c23)c([2H])c1[2H]. The fourth-order valence-electron chi connectivity index (χ4n) is 5.22. The molecule has 9 aromatic rings. The van der Waals surface area contributed by atoms with Gasteiger partial charge in [0.1, 0.15) is 0 Å². The van der Waals surface area contributed by atoms with Crippen LogP contribution < -0.4 is 0 Å². The maximum Gasteiger partial charge on any atom is 0.0636 e. The maximum atomic E-state index is 10.2. The summed E-state index contributed by atoms with van der Waals surface area (Å²) in [6.45, 7) is 0. The van der Waals surface area contributed by atoms with Crippen molar-refractivity contribution in [1.82, 2.24) is 0 Å². The van der Waals surface area contributed by atoms with E-state index < -0.39 is 269 Å². The second kappa shape index (κ2) is 10.9. The van der Waals surface area contributed by atoms with Gasteiger partial charge in [-0.25, -0.2) is 0 Å². The lowest BCUT2D eigenvalue weighted by Crippen LogP contribution is -1.92. The van der Waals surface area contributed by atoms with Crippen molar-refractivity contribution in [3.05, 3.63) is 181 Å². The Bertz CT molecular complexity index is 4240. The molecule has 0 radical (unpaired) electrons. The van der Waals surface area contributed by atoms with E-state index in [0.29, 0.717) is 0 Å². The van der Waals surface area contributed by atoms with Gasteiger partial charge in [0, 0.05) is 0 Å². The Morgan fingerprint density at radius 1 is 0.261 bits per heavy atom. The van der Waals surface area contributed by atoms with Crippen LogP contribution in [0.4, 0.5) is 0 Å². The average molecular weight is 613 g/mol. The highest BCUT2D eigenvalue weighted by molar-refractivity contribution is 6.22. The van der Waals surface area contributed by atoms with E-state index in [4.69, 9.17) is 27.4 Å². The van der Waals surface area contributed by atoms with E-state index in [1.54, 1.807) is 0 Å². The van der Waals surface area contributed by atoms with Crippen LogP contribution in [-0.4, -0.2) is 0 Å². The summed E-state index contributed by atoms with van der Waals surface area (Å²) in [6, 6.07) is -30.3. The molecule has 0 unspecified atom stereocenters. The molecule has 0 saturated carbocycles. The first-order chi connectivity index (χ1) is 35.3. The molecule has 0 heteroatoms. The Morgan fingerprint density at radius 3 is 1.63 bits per heavy atom. The summed E-state index contributed by atoms with van der Waals surface area (Å²) < 4.78 is 270. The van der Waals surface area contributed by atoms with Crippen molar-refractivity contribution in [2.24, 2.45) is 0 Å². The zero-order chi connectivity index (χ0) is 56.6. The molecule has 0 aromatic heterocycles. The summed E-state index contributed by atoms with van der Waals surface area (Å²) in [6.07, 6.45) is 0. The molecule has 0 N–H and O–H groups in total. The largest absolute Gasteiger partial charge is 0.0636 e. The summed E-state index contributed by atoms with van der Waals surface area (Å²) in [5.74, 6) is 0. The van der Waals surface area contributed by atoms with Crippen molar-refractivity contribution in [3.8, 4) is 44.5 Å². The summed E-state index contributed by atoms with van der Waals surface area (Å²) in [7, 11) is 0. The molecule has 0 saturated heterocycles. The quantitative estimate of drug-likeness (QED) is 0.173. The Labute approximate surface area is 311 Å². The lowest BCUT2D eigenvalue weighted by Gasteiger charge is -2.19. The lowest BCUT2D eigenvalue weighted by atomic mass is 9.84. The molecule has 0 bridgehead atoms. The molecular formula is C46H30. The van der Waals surface area contributed by atoms with E-state index in [0.717, 1.165) is 0 Å². The number of benzene rings is 9. The molecule has 0 fully saturated rings. The van der Waals surface area contributed by atoms with Gasteiger partial charge in [-0.05, 0) is 106 Å². The molecule has 0 nitrogen and oxygen atoms in total. The first kappa shape index (κ1) is 10.0. The second-order valence-corrected chi connectivity index (χ2v) is 9.75. The van der Waals surface area contributed by atoms with Gasteiger partial charge in [-0.1, -0.05) is 163 Å². The summed E-state index contributed by atoms with van der Waals surface area (Å²) in [4.78, 5) is 0. The van der Waals surface area contributed by atoms with Crippen LogP contribution in [0.3, 0.4) is 0 Å². The molecule has 9 aromatic carbocycles. The van der Waals surface area contributed by atoms with Gasteiger partial charge in [-0.3, -0.25) is 0 Å². The van der Waals surface area contributed by atoms with Gasteiger partial charge in [-0.15, -0.1) is 0 Å². The monoisotopic (exact) mass is 612 g/mol. The number of hydrogen-bond donors (Lipinski definition) is 0. The van der Waals surface area contributed by atoms with Crippen LogP contribution >= 0.6 is 0 Å². The maximum absolute atomic E-state index is 10.2. The highest BCUT2D eigenvalue weighted by atomic mass is 14.2. The van der Waals surface area contributed by atoms with Crippen molar-refractivity contribution in [3.63, 3.8) is 0 Å². The summed E-state index contributed by atoms with van der Waals surface area (Å²) in [5, 5.41) is -6.14. The van der Waals surface area contributed by atoms with Gasteiger partial charge in [-0.2, -0.15) is 0 Å². The first-order valence-corrected chi connectivity index (χ1v) is 13.5. The lowest BCUT2D eigenvalue weighted by molar-refractivity contribution is 1.62. The summed E-state index contributed by atoms with van der Waals surface area (Å²) >= 11 is 0. The average Bonchev–Trinajstić information content (AvgIpc) is 3.39. The Hall–Kier alpha value is -5.98. The Balaban J connectivity index is 1.67. The van der Waals surface area contributed by atoms with Gasteiger partial charge in [0.2, 0.25) is 0 Å². The van der Waals surface area contributed by atoms with Crippen LogP contribution in [0.15, 0.2) is 181 Å². The fourth-order valence-corrected chi connectivity index (χ4v) is 5.22. The van der Waals surface area contributed by atoms with E-state index >= 15 is 0 Å². The fraction of sp³-hybridized carbons (Fsp3) is 0. The smallest absolute Gasteiger partial charge is 0.0622 e. The van der Waals surface area contributed by atoms with E-state index in [9.17, 15) is 13.7 Å². The van der Waals surface area contributed by atoms with Crippen molar-refractivity contribution in [2.75, 3.05) is 0 Å². The van der Waals surface area contributed by atoms with Crippen LogP contribution in [0.1, 0.15) is 41.1 Å². The third-order valence-corrected chi connectivity index (χ3v) is 7.19. The van der Waals surface area contributed by atoms with Gasteiger partial charge in [0.05, 0.1) is 41.1 Å². The molecule has 9 rings (SSSR count). The van der Waals surface area contributed by atoms with Crippen molar-refractivity contribution >= 4 is 43.1 Å². The Morgan fingerprint density at radius 2 is 0.804 bits per heavy atom. The van der Waals surface area contributed by atoms with Gasteiger partial charge < -0.3 is 0 Å². The molecular weight excluding hydrogens is 553 g/mol. The normalized spacial score (nSPS) is 20.6. The number of rotatable bonds is 4. The van der Waals surface area contributed by atoms with Gasteiger partial charge >= 0.3 is 0 Å². The second-order valence-electron chi connectivity index (χ2n) is 9.75. The molecule has 214 valence electrons. The minimum atomic E-state index is -1.17. The van der Waals surface area contributed by atoms with Crippen LogP contribution in [0.5, 0.6) is 0 Å². The third kappa shape index (κ3) is 4.38. The Kier molecular flexibility index (Phi) is 2.37. The number of fused-ring (bicyclic) bond motifs is 4. The predicted molar refractivity (Wildman–Crippen MR) is 198 cm³/mol. The van der Waals surface area contributed by atoms with Gasteiger partial charge in [0.25, 0.3) is 0 Å². The standard InChI is InChI=1S/C46H30/c1-2-14-33(15-3-1)45-41-21-8-9-22-42(41)46(38-19-10-18-35(29-38)36-25-24-31-12-4-5-16-34(31)28-36)44-30-37(26-27-43(44)45)40-23-11-17-32-13-6-7-20-39(32)40/h1-30H/i1D,2D,3D,4D,5D,6D,7D,8D,9D,10D,11D,12D,13D,14D,15D,16D,17D,18D,19D,20D,21D,22D,23D,24D,25D,26D,27D,28D,29D,30D. The molecule has 46 heavy (non-hydrogen) atoms. The third-order valence-electron chi connectivity index (χ3n) is 7.19. The number of hydrogen-bond acceptors (Lipinski definition) is 0. The minimum Gasteiger partial charge on any atom is -0.0622 e. The van der Waals surface area contributed by atoms with Gasteiger partial charge in [0.15, 0.2) is 0 Å². The highest BCUT2D eigenvalue weighted by Gasteiger charge is 2.18. The molecule has 0 amide bonds. The van der Waals surface area contributed by atoms with E-state index in [1.807, 2.05) is 0 Å². The molecule has 0 heterocycles. The van der Waals surface area contributed by atoms with Crippen LogP contribution in [0.25, 0.3) is 87.6 Å². The molecule has 0 atom stereocenters. The highest BCUT2D eigenvalue weighted by Crippen LogP contribution is 2.45.